The lowest BCUT2D eigenvalue weighted by atomic mass is 10.2. The number of nitrogens with two attached hydrogens (primary N) is 4. The van der Waals surface area contributed by atoms with E-state index in [1.165, 1.54) is 11.3 Å². The van der Waals surface area contributed by atoms with E-state index in [0.717, 1.165) is 21.0 Å². The monoisotopic (exact) mass is 405 g/mol. The van der Waals surface area contributed by atoms with Gasteiger partial charge < -0.3 is 22.9 Å². The minimum atomic E-state index is 0.0739. The van der Waals surface area contributed by atoms with Gasteiger partial charge in [-0.1, -0.05) is 0 Å². The van der Waals surface area contributed by atoms with Crippen molar-refractivity contribution in [1.29, 1.82) is 0 Å². The molecule has 0 unspecified atom stereocenters. The second-order valence-electron chi connectivity index (χ2n) is 5.76. The maximum atomic E-state index is 5.62. The van der Waals surface area contributed by atoms with Crippen LogP contribution in [0.1, 0.15) is 4.88 Å². The summed E-state index contributed by atoms with van der Waals surface area (Å²) in [7, 11) is 0. The van der Waals surface area contributed by atoms with E-state index in [9.17, 15) is 0 Å². The summed E-state index contributed by atoms with van der Waals surface area (Å²) in [5.41, 5.74) is 24.0. The molecule has 0 saturated carbocycles. The third-order valence-corrected chi connectivity index (χ3v) is 4.67. The molecule has 0 aliphatic carbocycles. The lowest BCUT2D eigenvalue weighted by Crippen LogP contribution is -2.04. The minimum Gasteiger partial charge on any atom is -0.368 e. The van der Waals surface area contributed by atoms with E-state index in [0.29, 0.717) is 11.6 Å². The van der Waals surface area contributed by atoms with Gasteiger partial charge in [-0.05, 0) is 36.4 Å². The van der Waals surface area contributed by atoms with Crippen LogP contribution in [0.4, 0.5) is 29.5 Å². The zero-order valence-corrected chi connectivity index (χ0v) is 15.7. The van der Waals surface area contributed by atoms with Gasteiger partial charge >= 0.3 is 0 Å². The molecule has 12 heteroatoms. The van der Waals surface area contributed by atoms with Gasteiger partial charge in [-0.3, -0.25) is 4.99 Å². The number of nitrogen functional groups attached to an aromatic ring is 4. The Labute approximate surface area is 168 Å². The highest BCUT2D eigenvalue weighted by atomic mass is 32.1. The molecule has 0 spiro atoms. The summed E-state index contributed by atoms with van der Waals surface area (Å²) in [4.78, 5) is 30.1. The number of anilines is 4. The van der Waals surface area contributed by atoms with Gasteiger partial charge in [0, 0.05) is 16.7 Å². The SMILES string of the molecule is Nc1nc(N)nc(-c2ccc(N=Cc3ccc(-c4nc(N)nc(N)n4)s3)cc2)n1. The predicted molar refractivity (Wildman–Crippen MR) is 113 cm³/mol. The van der Waals surface area contributed by atoms with Crippen LogP contribution in [0, 0.1) is 0 Å². The zero-order valence-electron chi connectivity index (χ0n) is 14.9. The van der Waals surface area contributed by atoms with E-state index in [1.54, 1.807) is 6.21 Å². The van der Waals surface area contributed by atoms with E-state index in [4.69, 9.17) is 22.9 Å². The lowest BCUT2D eigenvalue weighted by molar-refractivity contribution is 1.09. The Kier molecular flexibility index (Phi) is 4.66. The normalized spacial score (nSPS) is 11.2. The molecule has 4 rings (SSSR count). The van der Waals surface area contributed by atoms with Crippen LogP contribution in [-0.4, -0.2) is 36.1 Å². The maximum absolute atomic E-state index is 5.62. The van der Waals surface area contributed by atoms with Gasteiger partial charge in [-0.25, -0.2) is 0 Å². The van der Waals surface area contributed by atoms with E-state index < -0.39 is 0 Å². The second kappa shape index (κ2) is 7.44. The molecular weight excluding hydrogens is 390 g/mol. The number of nitrogens with zero attached hydrogens (tertiary/aromatic N) is 7. The number of rotatable bonds is 4. The van der Waals surface area contributed by atoms with Gasteiger partial charge in [0.1, 0.15) is 0 Å². The number of aromatic nitrogens is 6. The van der Waals surface area contributed by atoms with Crippen LogP contribution in [0.15, 0.2) is 41.4 Å². The molecule has 0 aliphatic heterocycles. The molecule has 4 aromatic rings. The van der Waals surface area contributed by atoms with Crippen molar-refractivity contribution >= 4 is 47.0 Å². The highest BCUT2D eigenvalue weighted by molar-refractivity contribution is 7.17. The molecule has 0 radical (unpaired) electrons. The van der Waals surface area contributed by atoms with E-state index >= 15 is 0 Å². The molecule has 8 N–H and O–H groups in total. The van der Waals surface area contributed by atoms with Crippen LogP contribution in [0.25, 0.3) is 22.1 Å². The highest BCUT2D eigenvalue weighted by Crippen LogP contribution is 2.26. The molecule has 3 heterocycles. The molecule has 0 atom stereocenters. The van der Waals surface area contributed by atoms with Gasteiger partial charge in [0.05, 0.1) is 10.6 Å². The Bertz CT molecular complexity index is 1160. The quantitative estimate of drug-likeness (QED) is 0.361. The summed E-state index contributed by atoms with van der Waals surface area (Å²) >= 11 is 1.46. The Balaban J connectivity index is 1.52. The molecule has 1 aromatic carbocycles. The maximum Gasteiger partial charge on any atom is 0.225 e. The Morgan fingerprint density at radius 1 is 0.655 bits per heavy atom. The number of hydrogen-bond donors (Lipinski definition) is 4. The molecule has 144 valence electrons. The fourth-order valence-corrected chi connectivity index (χ4v) is 3.25. The first-order valence-corrected chi connectivity index (χ1v) is 9.07. The van der Waals surface area contributed by atoms with E-state index in [-0.39, 0.29) is 23.8 Å². The summed E-state index contributed by atoms with van der Waals surface area (Å²) in [6.07, 6.45) is 1.75. The van der Waals surface area contributed by atoms with Crippen LogP contribution < -0.4 is 22.9 Å². The Morgan fingerprint density at radius 3 is 1.79 bits per heavy atom. The largest absolute Gasteiger partial charge is 0.368 e. The smallest absolute Gasteiger partial charge is 0.225 e. The molecular formula is C17H15N11S. The first kappa shape index (κ1) is 18.2. The van der Waals surface area contributed by atoms with Gasteiger partial charge in [-0.2, -0.15) is 29.9 Å². The number of aliphatic imine (C=N–C) groups is 1. The first-order chi connectivity index (χ1) is 14.0. The number of benzene rings is 1. The fraction of sp³-hybridized carbons (Fsp3) is 0. The van der Waals surface area contributed by atoms with Crippen LogP contribution in [-0.2, 0) is 0 Å². The van der Waals surface area contributed by atoms with Gasteiger partial charge in [0.25, 0.3) is 0 Å². The van der Waals surface area contributed by atoms with Gasteiger partial charge in [0.15, 0.2) is 11.6 Å². The minimum absolute atomic E-state index is 0.0739. The third kappa shape index (κ3) is 4.22. The van der Waals surface area contributed by atoms with Crippen molar-refractivity contribution in [3.63, 3.8) is 0 Å². The molecule has 0 aliphatic rings. The lowest BCUT2D eigenvalue weighted by Gasteiger charge is -2.02. The average molecular weight is 405 g/mol. The molecule has 29 heavy (non-hydrogen) atoms. The summed E-state index contributed by atoms with van der Waals surface area (Å²) in [6, 6.07) is 11.1. The van der Waals surface area contributed by atoms with Crippen LogP contribution in [0.3, 0.4) is 0 Å². The van der Waals surface area contributed by atoms with E-state index in [1.807, 2.05) is 36.4 Å². The Hall–Kier alpha value is -4.19. The van der Waals surface area contributed by atoms with Crippen molar-refractivity contribution in [2.75, 3.05) is 22.9 Å². The van der Waals surface area contributed by atoms with Crippen molar-refractivity contribution in [3.05, 3.63) is 41.3 Å². The summed E-state index contributed by atoms with van der Waals surface area (Å²) in [6.45, 7) is 0. The van der Waals surface area contributed by atoms with Crippen molar-refractivity contribution < 1.29 is 0 Å². The number of thiophene rings is 1. The fourth-order valence-electron chi connectivity index (χ4n) is 2.44. The Morgan fingerprint density at radius 2 is 1.21 bits per heavy atom. The zero-order chi connectivity index (χ0) is 20.4. The van der Waals surface area contributed by atoms with E-state index in [2.05, 4.69) is 34.9 Å². The van der Waals surface area contributed by atoms with Crippen LogP contribution >= 0.6 is 11.3 Å². The van der Waals surface area contributed by atoms with Gasteiger partial charge in [-0.15, -0.1) is 11.3 Å². The van der Waals surface area contributed by atoms with Crippen molar-refractivity contribution in [2.24, 2.45) is 4.99 Å². The molecule has 0 amide bonds. The number of hydrogen-bond acceptors (Lipinski definition) is 12. The highest BCUT2D eigenvalue weighted by Gasteiger charge is 2.08. The molecule has 0 saturated heterocycles. The standard InChI is InChI=1S/C17H15N11S/c18-14-23-12(24-15(19)27-14)8-1-3-9(4-2-8)22-7-10-5-6-11(29-10)13-25-16(20)28-17(21)26-13/h1-7H,(H4,18,19,23,24,27)(H4,20,21,25,26,28). The summed E-state index contributed by atoms with van der Waals surface area (Å²) in [5, 5.41) is 0. The van der Waals surface area contributed by atoms with Gasteiger partial charge in [0.2, 0.25) is 23.8 Å². The van der Waals surface area contributed by atoms with Crippen LogP contribution in [0.2, 0.25) is 0 Å². The second-order valence-corrected chi connectivity index (χ2v) is 6.87. The van der Waals surface area contributed by atoms with Crippen molar-refractivity contribution in [2.45, 2.75) is 0 Å². The summed E-state index contributed by atoms with van der Waals surface area (Å²) in [5.74, 6) is 1.15. The van der Waals surface area contributed by atoms with Crippen LogP contribution in [0.5, 0.6) is 0 Å². The molecule has 3 aromatic heterocycles. The first-order valence-electron chi connectivity index (χ1n) is 8.25. The molecule has 11 nitrogen and oxygen atoms in total. The van der Waals surface area contributed by atoms with Crippen molar-refractivity contribution in [1.82, 2.24) is 29.9 Å². The average Bonchev–Trinajstić information content (AvgIpc) is 3.14. The molecule has 0 fully saturated rings. The predicted octanol–water partition coefficient (Wildman–Crippen LogP) is 1.53. The summed E-state index contributed by atoms with van der Waals surface area (Å²) < 4.78 is 0. The third-order valence-electron chi connectivity index (χ3n) is 3.65. The van der Waals surface area contributed by atoms with Crippen molar-refractivity contribution in [3.8, 4) is 22.1 Å². The topological polar surface area (TPSA) is 194 Å². The molecule has 0 bridgehead atoms.